The number of hydrogen-bond donors (Lipinski definition) is 1. The first-order chi connectivity index (χ1) is 12.9. The lowest BCUT2D eigenvalue weighted by molar-refractivity contribution is -0.384. The van der Waals surface area contributed by atoms with E-state index in [1.807, 2.05) is 30.9 Å². The highest BCUT2D eigenvalue weighted by Crippen LogP contribution is 2.29. The summed E-state index contributed by atoms with van der Waals surface area (Å²) in [5.74, 6) is 0. The number of benzene rings is 2. The van der Waals surface area contributed by atoms with E-state index >= 15 is 0 Å². The Hall–Kier alpha value is -2.61. The summed E-state index contributed by atoms with van der Waals surface area (Å²) in [6.45, 7) is 6.03. The highest BCUT2D eigenvalue weighted by atomic mass is 79.9. The van der Waals surface area contributed by atoms with E-state index in [4.69, 9.17) is 0 Å². The first kappa shape index (κ1) is 19.2. The molecular weight excluding hydrogens is 412 g/mol. The van der Waals surface area contributed by atoms with Gasteiger partial charge in [-0.3, -0.25) is 10.1 Å². The maximum absolute atomic E-state index is 12.7. The molecule has 0 unspecified atom stereocenters. The summed E-state index contributed by atoms with van der Waals surface area (Å²) in [5.41, 5.74) is 3.51. The summed E-state index contributed by atoms with van der Waals surface area (Å²) in [4.78, 5) is 27.2. The first-order valence-electron chi connectivity index (χ1n) is 8.68. The van der Waals surface area contributed by atoms with Crippen LogP contribution < -0.4 is 10.2 Å². The van der Waals surface area contributed by atoms with E-state index in [9.17, 15) is 14.9 Å². The molecule has 2 aromatic carbocycles. The summed E-state index contributed by atoms with van der Waals surface area (Å²) in [7, 11) is 0. The Morgan fingerprint density at radius 1 is 1.11 bits per heavy atom. The van der Waals surface area contributed by atoms with E-state index in [2.05, 4.69) is 21.2 Å². The first-order valence-corrected chi connectivity index (χ1v) is 9.47. The van der Waals surface area contributed by atoms with Crippen molar-refractivity contribution in [3.05, 3.63) is 62.1 Å². The number of halogens is 1. The van der Waals surface area contributed by atoms with Crippen LogP contribution in [0.1, 0.15) is 11.1 Å². The van der Waals surface area contributed by atoms with Gasteiger partial charge in [-0.05, 0) is 43.2 Å². The second-order valence-corrected chi connectivity index (χ2v) is 7.48. The van der Waals surface area contributed by atoms with Crippen LogP contribution >= 0.6 is 15.9 Å². The van der Waals surface area contributed by atoms with Crippen LogP contribution in [0.4, 0.5) is 21.9 Å². The molecule has 0 spiro atoms. The van der Waals surface area contributed by atoms with E-state index in [1.54, 1.807) is 23.1 Å². The number of nitro benzene ring substituents is 1. The van der Waals surface area contributed by atoms with Crippen LogP contribution in [-0.4, -0.2) is 42.0 Å². The van der Waals surface area contributed by atoms with E-state index in [0.717, 1.165) is 21.3 Å². The molecule has 8 heteroatoms. The highest BCUT2D eigenvalue weighted by Gasteiger charge is 2.25. The minimum absolute atomic E-state index is 0.0940. The molecule has 0 bridgehead atoms. The standard InChI is InChI=1S/C19H21BrN4O3/c1-13-11-15(20)12-14(2)18(13)21-19(25)23-9-7-22(8-10-23)16-5-3-4-6-17(16)24(26)27/h3-6,11-12H,7-10H2,1-2H3,(H,21,25). The van der Waals surface area contributed by atoms with Crippen LogP contribution in [0.2, 0.25) is 0 Å². The lowest BCUT2D eigenvalue weighted by atomic mass is 10.1. The van der Waals surface area contributed by atoms with Crippen molar-refractivity contribution in [2.24, 2.45) is 0 Å². The van der Waals surface area contributed by atoms with Gasteiger partial charge in [-0.15, -0.1) is 0 Å². The quantitative estimate of drug-likeness (QED) is 0.578. The lowest BCUT2D eigenvalue weighted by Gasteiger charge is -2.35. The van der Waals surface area contributed by atoms with Gasteiger partial charge in [0.1, 0.15) is 5.69 Å². The van der Waals surface area contributed by atoms with Crippen molar-refractivity contribution in [2.45, 2.75) is 13.8 Å². The molecule has 27 heavy (non-hydrogen) atoms. The van der Waals surface area contributed by atoms with Gasteiger partial charge in [0, 0.05) is 42.4 Å². The molecule has 0 aliphatic carbocycles. The number of hydrogen-bond acceptors (Lipinski definition) is 4. The van der Waals surface area contributed by atoms with Crippen LogP contribution in [0.5, 0.6) is 0 Å². The molecule has 0 saturated carbocycles. The van der Waals surface area contributed by atoms with Crippen LogP contribution in [0.25, 0.3) is 0 Å². The molecule has 1 aliphatic heterocycles. The minimum atomic E-state index is -0.368. The van der Waals surface area contributed by atoms with Crippen LogP contribution in [-0.2, 0) is 0 Å². The average Bonchev–Trinajstić information content (AvgIpc) is 2.64. The Labute approximate surface area is 166 Å². The predicted molar refractivity (Wildman–Crippen MR) is 110 cm³/mol. The van der Waals surface area contributed by atoms with Gasteiger partial charge >= 0.3 is 6.03 Å². The van der Waals surface area contributed by atoms with Crippen LogP contribution in [0.3, 0.4) is 0 Å². The number of nitrogens with zero attached hydrogens (tertiary/aromatic N) is 3. The largest absolute Gasteiger partial charge is 0.362 e. The molecule has 7 nitrogen and oxygen atoms in total. The number of anilines is 2. The number of nitrogens with one attached hydrogen (secondary N) is 1. The molecule has 142 valence electrons. The van der Waals surface area contributed by atoms with Crippen molar-refractivity contribution < 1.29 is 9.72 Å². The molecule has 0 aromatic heterocycles. The van der Waals surface area contributed by atoms with Gasteiger partial charge in [-0.25, -0.2) is 4.79 Å². The molecule has 1 aliphatic rings. The fourth-order valence-corrected chi connectivity index (χ4v) is 4.02. The Morgan fingerprint density at radius 2 is 1.70 bits per heavy atom. The van der Waals surface area contributed by atoms with Gasteiger partial charge in [0.15, 0.2) is 0 Å². The van der Waals surface area contributed by atoms with Crippen molar-refractivity contribution in [3.8, 4) is 0 Å². The zero-order chi connectivity index (χ0) is 19.6. The highest BCUT2D eigenvalue weighted by molar-refractivity contribution is 9.10. The molecule has 2 amide bonds. The number of para-hydroxylation sites is 2. The number of nitro groups is 1. The van der Waals surface area contributed by atoms with Gasteiger partial charge in [0.25, 0.3) is 5.69 Å². The van der Waals surface area contributed by atoms with Gasteiger partial charge in [-0.2, -0.15) is 0 Å². The molecule has 3 rings (SSSR count). The third-order valence-corrected chi connectivity index (χ3v) is 5.17. The van der Waals surface area contributed by atoms with Crippen molar-refractivity contribution in [1.82, 2.24) is 4.90 Å². The number of amides is 2. The predicted octanol–water partition coefficient (Wildman–Crippen LogP) is 4.33. The second kappa shape index (κ2) is 7.96. The van der Waals surface area contributed by atoms with Gasteiger partial charge in [0.05, 0.1) is 4.92 Å². The zero-order valence-corrected chi connectivity index (χ0v) is 16.8. The summed E-state index contributed by atoms with van der Waals surface area (Å²) >= 11 is 3.46. The Balaban J connectivity index is 1.66. The van der Waals surface area contributed by atoms with Crippen LogP contribution in [0.15, 0.2) is 40.9 Å². The summed E-state index contributed by atoms with van der Waals surface area (Å²) in [6.07, 6.45) is 0. The van der Waals surface area contributed by atoms with E-state index in [1.165, 1.54) is 6.07 Å². The molecule has 0 radical (unpaired) electrons. The fourth-order valence-electron chi connectivity index (χ4n) is 3.33. The van der Waals surface area contributed by atoms with Gasteiger partial charge in [-0.1, -0.05) is 28.1 Å². The third kappa shape index (κ3) is 4.21. The number of carbonyl (C=O) groups is 1. The molecule has 2 aromatic rings. The SMILES string of the molecule is Cc1cc(Br)cc(C)c1NC(=O)N1CCN(c2ccccc2[N+](=O)[O-])CC1. The number of aryl methyl sites for hydroxylation is 2. The Kier molecular flexibility index (Phi) is 5.65. The Bertz CT molecular complexity index is 856. The number of carbonyl (C=O) groups excluding carboxylic acids is 1. The number of piperazine rings is 1. The lowest BCUT2D eigenvalue weighted by Crippen LogP contribution is -2.50. The molecule has 1 saturated heterocycles. The average molecular weight is 433 g/mol. The molecule has 0 atom stereocenters. The monoisotopic (exact) mass is 432 g/mol. The van der Waals surface area contributed by atoms with Crippen LogP contribution in [0, 0.1) is 24.0 Å². The van der Waals surface area contributed by atoms with Crippen molar-refractivity contribution in [1.29, 1.82) is 0 Å². The van der Waals surface area contributed by atoms with Crippen molar-refractivity contribution in [2.75, 3.05) is 36.4 Å². The van der Waals surface area contributed by atoms with Crippen molar-refractivity contribution >= 4 is 39.0 Å². The Morgan fingerprint density at radius 3 is 2.30 bits per heavy atom. The van der Waals surface area contributed by atoms with E-state index in [0.29, 0.717) is 31.9 Å². The summed E-state index contributed by atoms with van der Waals surface area (Å²) < 4.78 is 0.980. The van der Waals surface area contributed by atoms with Gasteiger partial charge in [0.2, 0.25) is 0 Å². The fraction of sp³-hybridized carbons (Fsp3) is 0.316. The number of rotatable bonds is 3. The molecule has 1 fully saturated rings. The van der Waals surface area contributed by atoms with Crippen molar-refractivity contribution in [3.63, 3.8) is 0 Å². The topological polar surface area (TPSA) is 78.7 Å². The van der Waals surface area contributed by atoms with E-state index in [-0.39, 0.29) is 16.6 Å². The zero-order valence-electron chi connectivity index (χ0n) is 15.2. The van der Waals surface area contributed by atoms with Gasteiger partial charge < -0.3 is 15.1 Å². The normalized spacial score (nSPS) is 14.2. The maximum Gasteiger partial charge on any atom is 0.321 e. The molecule has 1 heterocycles. The molecule has 1 N–H and O–H groups in total. The minimum Gasteiger partial charge on any atom is -0.362 e. The number of urea groups is 1. The summed E-state index contributed by atoms with van der Waals surface area (Å²) in [5, 5.41) is 14.2. The third-order valence-electron chi connectivity index (χ3n) is 4.72. The maximum atomic E-state index is 12.7. The molecular formula is C19H21BrN4O3. The smallest absolute Gasteiger partial charge is 0.321 e. The van der Waals surface area contributed by atoms with E-state index < -0.39 is 0 Å². The summed E-state index contributed by atoms with van der Waals surface area (Å²) in [6, 6.07) is 10.5. The second-order valence-electron chi connectivity index (χ2n) is 6.56.